The fraction of sp³-hybridized carbons (Fsp3) is 0.467. The van der Waals surface area contributed by atoms with Gasteiger partial charge in [0.1, 0.15) is 5.82 Å². The molecule has 1 saturated heterocycles. The summed E-state index contributed by atoms with van der Waals surface area (Å²) in [5, 5.41) is 4.44. The highest BCUT2D eigenvalue weighted by atomic mass is 16.1. The zero-order chi connectivity index (χ0) is 15.7. The third-order valence-electron chi connectivity index (χ3n) is 4.06. The minimum Gasteiger partial charge on any atom is -0.369 e. The van der Waals surface area contributed by atoms with E-state index in [0.29, 0.717) is 5.82 Å². The largest absolute Gasteiger partial charge is 0.369 e. The summed E-state index contributed by atoms with van der Waals surface area (Å²) in [6.07, 6.45) is 4.99. The van der Waals surface area contributed by atoms with Gasteiger partial charge in [-0.15, -0.1) is 0 Å². The first-order valence-electron chi connectivity index (χ1n) is 7.44. The van der Waals surface area contributed by atoms with Gasteiger partial charge in [0.25, 0.3) is 0 Å². The van der Waals surface area contributed by atoms with Crippen LogP contribution in [0, 0.1) is 19.8 Å². The van der Waals surface area contributed by atoms with Gasteiger partial charge in [-0.1, -0.05) is 0 Å². The van der Waals surface area contributed by atoms with Crippen molar-refractivity contribution in [1.82, 2.24) is 19.7 Å². The van der Waals surface area contributed by atoms with Crippen LogP contribution < -0.4 is 10.6 Å². The summed E-state index contributed by atoms with van der Waals surface area (Å²) in [5.41, 5.74) is 7.35. The summed E-state index contributed by atoms with van der Waals surface area (Å²) < 4.78 is 1.79. The molecule has 0 aromatic carbocycles. The Morgan fingerprint density at radius 3 is 2.50 bits per heavy atom. The molecule has 1 amide bonds. The van der Waals surface area contributed by atoms with Crippen molar-refractivity contribution in [2.45, 2.75) is 26.7 Å². The molecule has 0 radical (unpaired) electrons. The molecule has 2 aromatic rings. The summed E-state index contributed by atoms with van der Waals surface area (Å²) in [4.78, 5) is 22.3. The molecule has 1 aliphatic heterocycles. The number of aromatic nitrogens is 4. The molecule has 2 N–H and O–H groups in total. The molecule has 2 aromatic heterocycles. The van der Waals surface area contributed by atoms with Gasteiger partial charge in [0.15, 0.2) is 5.82 Å². The molecule has 1 aliphatic rings. The Balaban J connectivity index is 1.80. The third-order valence-corrected chi connectivity index (χ3v) is 4.06. The molecule has 3 rings (SSSR count). The number of carbonyl (C=O) groups is 1. The zero-order valence-corrected chi connectivity index (χ0v) is 12.9. The van der Waals surface area contributed by atoms with Gasteiger partial charge in [0, 0.05) is 24.7 Å². The summed E-state index contributed by atoms with van der Waals surface area (Å²) in [7, 11) is 0. The molecule has 0 bridgehead atoms. The van der Waals surface area contributed by atoms with E-state index >= 15 is 0 Å². The van der Waals surface area contributed by atoms with Crippen molar-refractivity contribution in [3.05, 3.63) is 29.8 Å². The molecule has 22 heavy (non-hydrogen) atoms. The van der Waals surface area contributed by atoms with Gasteiger partial charge in [-0.3, -0.25) is 9.78 Å². The van der Waals surface area contributed by atoms with Crippen molar-refractivity contribution in [3.8, 4) is 5.82 Å². The van der Waals surface area contributed by atoms with E-state index in [9.17, 15) is 4.79 Å². The van der Waals surface area contributed by atoms with Gasteiger partial charge in [-0.25, -0.2) is 9.67 Å². The number of amides is 1. The number of anilines is 1. The molecule has 1 fully saturated rings. The van der Waals surface area contributed by atoms with Crippen LogP contribution in [0.25, 0.3) is 5.82 Å². The lowest BCUT2D eigenvalue weighted by Gasteiger charge is -2.31. The Labute approximate surface area is 129 Å². The van der Waals surface area contributed by atoms with Crippen molar-refractivity contribution < 1.29 is 4.79 Å². The van der Waals surface area contributed by atoms with Crippen LogP contribution in [-0.4, -0.2) is 38.7 Å². The lowest BCUT2D eigenvalue weighted by molar-refractivity contribution is -0.122. The highest BCUT2D eigenvalue weighted by Crippen LogP contribution is 2.22. The number of hydrogen-bond donors (Lipinski definition) is 1. The Morgan fingerprint density at radius 1 is 1.23 bits per heavy atom. The second-order valence-electron chi connectivity index (χ2n) is 5.74. The van der Waals surface area contributed by atoms with Gasteiger partial charge in [-0.05, 0) is 32.8 Å². The first kappa shape index (κ1) is 14.5. The average Bonchev–Trinajstić information content (AvgIpc) is 2.86. The molecule has 0 aliphatic carbocycles. The maximum absolute atomic E-state index is 11.2. The quantitative estimate of drug-likeness (QED) is 0.912. The van der Waals surface area contributed by atoms with Crippen LogP contribution in [0.15, 0.2) is 18.5 Å². The van der Waals surface area contributed by atoms with Gasteiger partial charge in [0.2, 0.25) is 5.91 Å². The molecular formula is C15H20N6O. The second kappa shape index (κ2) is 5.75. The average molecular weight is 300 g/mol. The van der Waals surface area contributed by atoms with E-state index in [1.165, 1.54) is 0 Å². The van der Waals surface area contributed by atoms with Crippen molar-refractivity contribution in [1.29, 1.82) is 0 Å². The molecule has 3 heterocycles. The molecule has 0 atom stereocenters. The maximum Gasteiger partial charge on any atom is 0.220 e. The molecular weight excluding hydrogens is 280 g/mol. The van der Waals surface area contributed by atoms with E-state index in [4.69, 9.17) is 5.73 Å². The van der Waals surface area contributed by atoms with Crippen LogP contribution >= 0.6 is 0 Å². The summed E-state index contributed by atoms with van der Waals surface area (Å²) >= 11 is 0. The predicted octanol–water partition coefficient (Wildman–Crippen LogP) is 0.981. The van der Waals surface area contributed by atoms with E-state index in [2.05, 4.69) is 20.0 Å². The summed E-state index contributed by atoms with van der Waals surface area (Å²) in [5.74, 6) is 1.29. The number of piperidine rings is 1. The van der Waals surface area contributed by atoms with Crippen molar-refractivity contribution in [3.63, 3.8) is 0 Å². The maximum atomic E-state index is 11.2. The van der Waals surface area contributed by atoms with E-state index in [0.717, 1.165) is 43.1 Å². The summed E-state index contributed by atoms with van der Waals surface area (Å²) in [6.45, 7) is 5.48. The van der Waals surface area contributed by atoms with Gasteiger partial charge in [-0.2, -0.15) is 5.10 Å². The molecule has 0 spiro atoms. The Kier molecular flexibility index (Phi) is 3.79. The molecule has 7 heteroatoms. The second-order valence-corrected chi connectivity index (χ2v) is 5.74. The number of nitrogens with zero attached hydrogens (tertiary/aromatic N) is 5. The monoisotopic (exact) mass is 300 g/mol. The van der Waals surface area contributed by atoms with Crippen molar-refractivity contribution in [2.24, 2.45) is 11.7 Å². The van der Waals surface area contributed by atoms with Crippen LogP contribution in [0.5, 0.6) is 0 Å². The van der Waals surface area contributed by atoms with Gasteiger partial charge in [0.05, 0.1) is 18.1 Å². The number of carbonyl (C=O) groups excluding carboxylic acids is 1. The van der Waals surface area contributed by atoms with Crippen LogP contribution in [0.1, 0.15) is 24.2 Å². The highest BCUT2D eigenvalue weighted by molar-refractivity contribution is 5.76. The van der Waals surface area contributed by atoms with Crippen LogP contribution in [0.3, 0.4) is 0 Å². The molecule has 0 unspecified atom stereocenters. The van der Waals surface area contributed by atoms with Gasteiger partial charge >= 0.3 is 0 Å². The predicted molar refractivity (Wildman–Crippen MR) is 82.8 cm³/mol. The Hall–Kier alpha value is -2.44. The number of rotatable bonds is 3. The molecule has 7 nitrogen and oxygen atoms in total. The first-order chi connectivity index (χ1) is 10.5. The topological polar surface area (TPSA) is 89.9 Å². The molecule has 116 valence electrons. The molecule has 0 saturated carbocycles. The fourth-order valence-corrected chi connectivity index (χ4v) is 2.85. The first-order valence-corrected chi connectivity index (χ1v) is 7.44. The van der Waals surface area contributed by atoms with E-state index in [1.807, 2.05) is 19.9 Å². The third kappa shape index (κ3) is 2.79. The van der Waals surface area contributed by atoms with E-state index < -0.39 is 0 Å². The SMILES string of the molecule is Cc1cc(C)n(-c2cncc(N3CCC(C(N)=O)CC3)n2)n1. The Bertz CT molecular complexity index is 687. The Morgan fingerprint density at radius 2 is 1.91 bits per heavy atom. The van der Waals surface area contributed by atoms with Crippen molar-refractivity contribution >= 4 is 11.7 Å². The lowest BCUT2D eigenvalue weighted by Crippen LogP contribution is -2.39. The fourth-order valence-electron chi connectivity index (χ4n) is 2.85. The minimum atomic E-state index is -0.206. The lowest BCUT2D eigenvalue weighted by atomic mass is 9.96. The van der Waals surface area contributed by atoms with Crippen molar-refractivity contribution in [2.75, 3.05) is 18.0 Å². The van der Waals surface area contributed by atoms with Crippen LogP contribution in [-0.2, 0) is 4.79 Å². The highest BCUT2D eigenvalue weighted by Gasteiger charge is 2.24. The van der Waals surface area contributed by atoms with Crippen LogP contribution in [0.4, 0.5) is 5.82 Å². The number of nitrogens with two attached hydrogens (primary N) is 1. The smallest absolute Gasteiger partial charge is 0.220 e. The summed E-state index contributed by atoms with van der Waals surface area (Å²) in [6, 6.07) is 2.01. The number of hydrogen-bond acceptors (Lipinski definition) is 5. The van der Waals surface area contributed by atoms with Gasteiger partial charge < -0.3 is 10.6 Å². The standard InChI is InChI=1S/C15H20N6O/c1-10-7-11(2)21(19-10)14-9-17-8-13(18-14)20-5-3-12(4-6-20)15(16)22/h7-9,12H,3-6H2,1-2H3,(H2,16,22). The number of aryl methyl sites for hydroxylation is 2. The normalized spacial score (nSPS) is 16.0. The minimum absolute atomic E-state index is 0.0246. The van der Waals surface area contributed by atoms with E-state index in [1.54, 1.807) is 17.1 Å². The zero-order valence-electron chi connectivity index (χ0n) is 12.9. The van der Waals surface area contributed by atoms with Crippen LogP contribution in [0.2, 0.25) is 0 Å². The number of primary amides is 1. The van der Waals surface area contributed by atoms with E-state index in [-0.39, 0.29) is 11.8 Å².